The van der Waals surface area contributed by atoms with E-state index in [1.165, 1.54) is 24.4 Å². The molecule has 1 aromatic carbocycles. The van der Waals surface area contributed by atoms with Gasteiger partial charge in [0.25, 0.3) is 5.69 Å². The third kappa shape index (κ3) is 3.34. The molecule has 0 saturated heterocycles. The van der Waals surface area contributed by atoms with Crippen LogP contribution in [0.5, 0.6) is 0 Å². The first kappa shape index (κ1) is 14.5. The number of aromatic nitrogens is 1. The second-order valence-electron chi connectivity index (χ2n) is 3.66. The summed E-state index contributed by atoms with van der Waals surface area (Å²) in [6, 6.07) is 7.30. The number of nitrogens with zero attached hydrogens (tertiary/aromatic N) is 2. The van der Waals surface area contributed by atoms with Crippen LogP contribution in [0.15, 0.2) is 50.9 Å². The summed E-state index contributed by atoms with van der Waals surface area (Å²) in [4.78, 5) is 25.8. The maximum absolute atomic E-state index is 11.1. The summed E-state index contributed by atoms with van der Waals surface area (Å²) in [6.07, 6.45) is 1.32. The highest BCUT2D eigenvalue weighted by molar-refractivity contribution is 9.10. The van der Waals surface area contributed by atoms with Gasteiger partial charge in [-0.05, 0) is 18.2 Å². The van der Waals surface area contributed by atoms with Crippen molar-refractivity contribution in [3.05, 3.63) is 56.7 Å². The molecule has 0 aliphatic rings. The van der Waals surface area contributed by atoms with Gasteiger partial charge in [-0.2, -0.15) is 0 Å². The second-order valence-corrected chi connectivity index (χ2v) is 5.63. The summed E-state index contributed by atoms with van der Waals surface area (Å²) in [5, 5.41) is 20.2. The number of pyridine rings is 1. The van der Waals surface area contributed by atoms with Crippen molar-refractivity contribution in [2.24, 2.45) is 0 Å². The van der Waals surface area contributed by atoms with E-state index in [0.717, 1.165) is 16.2 Å². The van der Waals surface area contributed by atoms with Crippen LogP contribution in [0, 0.1) is 10.1 Å². The van der Waals surface area contributed by atoms with Crippen molar-refractivity contribution in [1.29, 1.82) is 0 Å². The van der Waals surface area contributed by atoms with E-state index in [4.69, 9.17) is 5.11 Å². The highest BCUT2D eigenvalue weighted by Gasteiger charge is 2.14. The molecule has 2 rings (SSSR count). The van der Waals surface area contributed by atoms with Crippen LogP contribution < -0.4 is 0 Å². The van der Waals surface area contributed by atoms with Gasteiger partial charge in [-0.3, -0.25) is 10.1 Å². The van der Waals surface area contributed by atoms with E-state index >= 15 is 0 Å². The molecular formula is C12H7BrN2O4S. The van der Waals surface area contributed by atoms with Gasteiger partial charge in [-0.1, -0.05) is 27.7 Å². The fraction of sp³-hybridized carbons (Fsp3) is 0. The molecule has 102 valence electrons. The van der Waals surface area contributed by atoms with E-state index in [2.05, 4.69) is 20.9 Å². The van der Waals surface area contributed by atoms with Gasteiger partial charge >= 0.3 is 5.97 Å². The number of halogens is 1. The Bertz CT molecular complexity index is 693. The first-order valence-corrected chi connectivity index (χ1v) is 6.89. The van der Waals surface area contributed by atoms with Gasteiger partial charge in [0, 0.05) is 27.7 Å². The summed E-state index contributed by atoms with van der Waals surface area (Å²) in [5.74, 6) is -1.06. The summed E-state index contributed by atoms with van der Waals surface area (Å²) >= 11 is 4.32. The molecule has 1 N–H and O–H groups in total. The fourth-order valence-corrected chi connectivity index (χ4v) is 2.92. The van der Waals surface area contributed by atoms with Gasteiger partial charge in [0.2, 0.25) is 0 Å². The molecule has 6 nitrogen and oxygen atoms in total. The molecule has 0 atom stereocenters. The average Bonchev–Trinajstić information content (AvgIpc) is 2.38. The molecule has 0 spiro atoms. The van der Waals surface area contributed by atoms with Crippen LogP contribution in [0.25, 0.3) is 0 Å². The van der Waals surface area contributed by atoms with Crippen molar-refractivity contribution in [3.63, 3.8) is 0 Å². The summed E-state index contributed by atoms with van der Waals surface area (Å²) in [6.45, 7) is 0. The highest BCUT2D eigenvalue weighted by atomic mass is 79.9. The van der Waals surface area contributed by atoms with Gasteiger partial charge in [0.1, 0.15) is 5.03 Å². The minimum Gasteiger partial charge on any atom is -0.478 e. The van der Waals surface area contributed by atoms with Crippen LogP contribution in [0.4, 0.5) is 5.69 Å². The Labute approximate surface area is 126 Å². The monoisotopic (exact) mass is 354 g/mol. The Balaban J connectivity index is 2.39. The van der Waals surface area contributed by atoms with Crippen molar-refractivity contribution in [3.8, 4) is 0 Å². The number of carboxylic acids is 1. The van der Waals surface area contributed by atoms with Crippen LogP contribution in [-0.2, 0) is 0 Å². The largest absolute Gasteiger partial charge is 0.478 e. The Kier molecular flexibility index (Phi) is 4.35. The van der Waals surface area contributed by atoms with Crippen LogP contribution in [0.1, 0.15) is 10.4 Å². The maximum atomic E-state index is 11.1. The fourth-order valence-electron chi connectivity index (χ4n) is 1.44. The van der Waals surface area contributed by atoms with Crippen LogP contribution in [0.2, 0.25) is 0 Å². The lowest BCUT2D eigenvalue weighted by atomic mass is 10.2. The van der Waals surface area contributed by atoms with Crippen molar-refractivity contribution < 1.29 is 14.8 Å². The lowest BCUT2D eigenvalue weighted by molar-refractivity contribution is -0.385. The molecule has 0 fully saturated rings. The molecule has 0 amide bonds. The predicted octanol–water partition coefficient (Wildman–Crippen LogP) is 3.60. The molecule has 8 heteroatoms. The van der Waals surface area contributed by atoms with Crippen molar-refractivity contribution >= 4 is 39.3 Å². The summed E-state index contributed by atoms with van der Waals surface area (Å²) in [5.41, 5.74) is 0.0286. The van der Waals surface area contributed by atoms with Gasteiger partial charge in [-0.25, -0.2) is 9.78 Å². The van der Waals surface area contributed by atoms with Crippen molar-refractivity contribution in [2.45, 2.75) is 9.92 Å². The number of carboxylic acid groups (broad SMARTS) is 1. The highest BCUT2D eigenvalue weighted by Crippen LogP contribution is 2.32. The normalized spacial score (nSPS) is 10.2. The van der Waals surface area contributed by atoms with Gasteiger partial charge < -0.3 is 5.11 Å². The Morgan fingerprint density at radius 3 is 2.75 bits per heavy atom. The minimum absolute atomic E-state index is 0.0885. The first-order chi connectivity index (χ1) is 9.47. The molecule has 20 heavy (non-hydrogen) atoms. The molecule has 0 aliphatic carbocycles. The van der Waals surface area contributed by atoms with E-state index < -0.39 is 10.9 Å². The number of nitro groups is 1. The van der Waals surface area contributed by atoms with E-state index in [0.29, 0.717) is 9.92 Å². The van der Waals surface area contributed by atoms with Gasteiger partial charge in [0.15, 0.2) is 0 Å². The van der Waals surface area contributed by atoms with E-state index in [1.807, 2.05) is 0 Å². The van der Waals surface area contributed by atoms with E-state index in [9.17, 15) is 14.9 Å². The lowest BCUT2D eigenvalue weighted by Gasteiger charge is -2.05. The number of hydrogen-bond donors (Lipinski definition) is 1. The second kappa shape index (κ2) is 6.02. The molecule has 0 saturated carbocycles. The Morgan fingerprint density at radius 1 is 1.35 bits per heavy atom. The first-order valence-electron chi connectivity index (χ1n) is 5.28. The molecule has 0 radical (unpaired) electrons. The third-order valence-corrected chi connectivity index (χ3v) is 3.80. The smallest absolute Gasteiger partial charge is 0.336 e. The quantitative estimate of drug-likeness (QED) is 0.665. The Morgan fingerprint density at radius 2 is 2.10 bits per heavy atom. The van der Waals surface area contributed by atoms with Crippen LogP contribution in [-0.4, -0.2) is 21.0 Å². The SMILES string of the molecule is O=C(O)c1ccc(Br)cc1Sc1cc([N+](=O)[O-])ccn1. The van der Waals surface area contributed by atoms with E-state index in [1.54, 1.807) is 12.1 Å². The molecule has 0 bridgehead atoms. The maximum Gasteiger partial charge on any atom is 0.336 e. The number of benzene rings is 1. The molecule has 0 aliphatic heterocycles. The minimum atomic E-state index is -1.06. The zero-order valence-corrected chi connectivity index (χ0v) is 12.2. The lowest BCUT2D eigenvalue weighted by Crippen LogP contribution is -1.98. The molecule has 0 unspecified atom stereocenters. The van der Waals surface area contributed by atoms with Crippen LogP contribution in [0.3, 0.4) is 0 Å². The molecule has 2 aromatic rings. The zero-order chi connectivity index (χ0) is 14.7. The van der Waals surface area contributed by atoms with Crippen molar-refractivity contribution in [1.82, 2.24) is 4.98 Å². The number of carbonyl (C=O) groups is 1. The zero-order valence-electron chi connectivity index (χ0n) is 9.82. The third-order valence-electron chi connectivity index (χ3n) is 2.32. The molecular weight excluding hydrogens is 348 g/mol. The summed E-state index contributed by atoms with van der Waals surface area (Å²) < 4.78 is 0.718. The predicted molar refractivity (Wildman–Crippen MR) is 76.1 cm³/mol. The molecule has 1 heterocycles. The van der Waals surface area contributed by atoms with Crippen LogP contribution >= 0.6 is 27.7 Å². The van der Waals surface area contributed by atoms with E-state index in [-0.39, 0.29) is 11.3 Å². The topological polar surface area (TPSA) is 93.3 Å². The Hall–Kier alpha value is -1.93. The van der Waals surface area contributed by atoms with Gasteiger partial charge in [0.05, 0.1) is 10.5 Å². The number of hydrogen-bond acceptors (Lipinski definition) is 5. The average molecular weight is 355 g/mol. The molecule has 1 aromatic heterocycles. The summed E-state index contributed by atoms with van der Waals surface area (Å²) in [7, 11) is 0. The number of aromatic carboxylic acids is 1. The van der Waals surface area contributed by atoms with Gasteiger partial charge in [-0.15, -0.1) is 0 Å². The standard InChI is InChI=1S/C12H7BrN2O4S/c13-7-1-2-9(12(16)17)10(5-7)20-11-6-8(15(18)19)3-4-14-11/h1-6H,(H,16,17). The number of rotatable bonds is 4. The van der Waals surface area contributed by atoms with Crippen molar-refractivity contribution in [2.75, 3.05) is 0 Å².